The molecule has 0 fully saturated rings. The van der Waals surface area contributed by atoms with Gasteiger partial charge in [-0.05, 0) is 56.7 Å². The van der Waals surface area contributed by atoms with Gasteiger partial charge in [-0.25, -0.2) is 0 Å². The van der Waals surface area contributed by atoms with Crippen molar-refractivity contribution in [3.8, 4) is 5.75 Å². The van der Waals surface area contributed by atoms with Crippen LogP contribution in [-0.2, 0) is 9.59 Å². The van der Waals surface area contributed by atoms with Crippen LogP contribution in [0.25, 0.3) is 6.08 Å². The molecule has 1 atom stereocenters. The van der Waals surface area contributed by atoms with E-state index in [1.54, 1.807) is 54.6 Å². The van der Waals surface area contributed by atoms with Crippen LogP contribution in [0.3, 0.4) is 0 Å². The van der Waals surface area contributed by atoms with Gasteiger partial charge in [-0.15, -0.1) is 0 Å². The monoisotopic (exact) mass is 396 g/mol. The van der Waals surface area contributed by atoms with Crippen LogP contribution in [0, 0.1) is 0 Å². The normalized spacial score (nSPS) is 12.2. The summed E-state index contributed by atoms with van der Waals surface area (Å²) in [5.74, 6) is -1.76. The van der Waals surface area contributed by atoms with Crippen molar-refractivity contribution in [2.75, 3.05) is 0 Å². The lowest BCUT2D eigenvalue weighted by atomic mass is 10.1. The van der Waals surface area contributed by atoms with E-state index in [1.807, 2.05) is 13.8 Å². The molecule has 0 aliphatic heterocycles. The minimum atomic E-state index is -1.18. The van der Waals surface area contributed by atoms with Crippen molar-refractivity contribution < 1.29 is 24.2 Å². The zero-order valence-electron chi connectivity index (χ0n) is 16.5. The summed E-state index contributed by atoms with van der Waals surface area (Å²) in [6, 6.07) is 14.3. The molecule has 0 saturated carbocycles. The Kier molecular flexibility index (Phi) is 7.54. The smallest absolute Gasteiger partial charge is 0.325 e. The maximum absolute atomic E-state index is 12.6. The molecule has 7 heteroatoms. The first kappa shape index (κ1) is 21.7. The van der Waals surface area contributed by atoms with Crippen LogP contribution >= 0.6 is 0 Å². The molecule has 2 aromatic rings. The highest BCUT2D eigenvalue weighted by molar-refractivity contribution is 6.06. The number of carboxylic acid groups (broad SMARTS) is 1. The fourth-order valence-corrected chi connectivity index (χ4v) is 2.40. The van der Waals surface area contributed by atoms with E-state index in [4.69, 9.17) is 9.84 Å². The van der Waals surface area contributed by atoms with E-state index < -0.39 is 23.8 Å². The van der Waals surface area contributed by atoms with Crippen molar-refractivity contribution in [2.24, 2.45) is 0 Å². The number of amides is 2. The summed E-state index contributed by atoms with van der Waals surface area (Å²) in [5.41, 5.74) is 0.910. The average Bonchev–Trinajstić information content (AvgIpc) is 2.67. The number of aliphatic carboxylic acids is 1. The predicted molar refractivity (Wildman–Crippen MR) is 109 cm³/mol. The van der Waals surface area contributed by atoms with Gasteiger partial charge in [-0.1, -0.05) is 30.3 Å². The standard InChI is InChI=1S/C22H24N2O5/c1-14(2)29-18-11-7-8-16(12-18)13-19(21(26)23-15(3)22(27)28)24-20(25)17-9-5-4-6-10-17/h4-15H,1-3H3,(H,23,26)(H,24,25)(H,27,28)/b19-13-/t15-/m1/s1. The largest absolute Gasteiger partial charge is 0.491 e. The van der Waals surface area contributed by atoms with Crippen molar-refractivity contribution in [1.82, 2.24) is 10.6 Å². The summed E-state index contributed by atoms with van der Waals surface area (Å²) >= 11 is 0. The summed E-state index contributed by atoms with van der Waals surface area (Å²) < 4.78 is 5.65. The molecule has 0 aromatic heterocycles. The molecule has 2 amide bonds. The van der Waals surface area contributed by atoms with Crippen LogP contribution in [0.2, 0.25) is 0 Å². The number of hydrogen-bond acceptors (Lipinski definition) is 4. The van der Waals surface area contributed by atoms with Crippen molar-refractivity contribution in [1.29, 1.82) is 0 Å². The minimum Gasteiger partial charge on any atom is -0.491 e. The number of rotatable bonds is 8. The lowest BCUT2D eigenvalue weighted by Crippen LogP contribution is -2.42. The Balaban J connectivity index is 2.33. The topological polar surface area (TPSA) is 105 Å². The van der Waals surface area contributed by atoms with Crippen molar-refractivity contribution in [3.63, 3.8) is 0 Å². The molecule has 0 saturated heterocycles. The highest BCUT2D eigenvalue weighted by Crippen LogP contribution is 2.17. The molecular formula is C22H24N2O5. The third-order valence-electron chi connectivity index (χ3n) is 3.79. The number of ether oxygens (including phenoxy) is 1. The molecule has 2 aromatic carbocycles. The van der Waals surface area contributed by atoms with Gasteiger partial charge in [0.1, 0.15) is 17.5 Å². The predicted octanol–water partition coefficient (Wildman–Crippen LogP) is 2.83. The first-order chi connectivity index (χ1) is 13.8. The zero-order chi connectivity index (χ0) is 21.4. The SMILES string of the molecule is CC(C)Oc1cccc(/C=C(\NC(=O)c2ccccc2)C(=O)N[C@H](C)C(=O)O)c1. The second kappa shape index (κ2) is 10.1. The molecule has 2 rings (SSSR count). The van der Waals surface area contributed by atoms with E-state index in [0.29, 0.717) is 16.9 Å². The molecule has 29 heavy (non-hydrogen) atoms. The Morgan fingerprint density at radius 2 is 1.69 bits per heavy atom. The molecule has 0 spiro atoms. The molecule has 3 N–H and O–H groups in total. The van der Waals surface area contributed by atoms with Crippen LogP contribution < -0.4 is 15.4 Å². The van der Waals surface area contributed by atoms with Crippen LogP contribution in [0.5, 0.6) is 5.75 Å². The maximum Gasteiger partial charge on any atom is 0.325 e. The van der Waals surface area contributed by atoms with E-state index in [0.717, 1.165) is 0 Å². The fraction of sp³-hybridized carbons (Fsp3) is 0.227. The van der Waals surface area contributed by atoms with Crippen molar-refractivity contribution in [2.45, 2.75) is 32.9 Å². The molecule has 0 aliphatic carbocycles. The molecule has 7 nitrogen and oxygen atoms in total. The highest BCUT2D eigenvalue weighted by atomic mass is 16.5. The molecule has 0 unspecified atom stereocenters. The van der Waals surface area contributed by atoms with Gasteiger partial charge in [0.15, 0.2) is 0 Å². The Hall–Kier alpha value is -3.61. The van der Waals surface area contributed by atoms with Crippen LogP contribution in [0.1, 0.15) is 36.7 Å². The van der Waals surface area contributed by atoms with Crippen molar-refractivity contribution >= 4 is 23.9 Å². The average molecular weight is 396 g/mol. The lowest BCUT2D eigenvalue weighted by Gasteiger charge is -2.14. The fourth-order valence-electron chi connectivity index (χ4n) is 2.40. The summed E-state index contributed by atoms with van der Waals surface area (Å²) in [7, 11) is 0. The number of nitrogens with one attached hydrogen (secondary N) is 2. The Bertz CT molecular complexity index is 906. The third kappa shape index (κ3) is 6.80. The number of hydrogen-bond donors (Lipinski definition) is 3. The van der Waals surface area contributed by atoms with Gasteiger partial charge in [-0.2, -0.15) is 0 Å². The lowest BCUT2D eigenvalue weighted by molar-refractivity contribution is -0.140. The Labute approximate surface area is 169 Å². The van der Waals surface area contributed by atoms with Gasteiger partial charge in [-0.3, -0.25) is 14.4 Å². The summed E-state index contributed by atoms with van der Waals surface area (Å²) in [5, 5.41) is 14.0. The molecule has 0 bridgehead atoms. The van der Waals surface area contributed by atoms with E-state index in [-0.39, 0.29) is 11.8 Å². The molecule has 152 valence electrons. The van der Waals surface area contributed by atoms with Crippen LogP contribution in [0.4, 0.5) is 0 Å². The van der Waals surface area contributed by atoms with Crippen molar-refractivity contribution in [3.05, 3.63) is 71.4 Å². The highest BCUT2D eigenvalue weighted by Gasteiger charge is 2.19. The second-order valence-electron chi connectivity index (χ2n) is 6.65. The number of carboxylic acids is 1. The molecule has 0 aliphatic rings. The Morgan fingerprint density at radius 3 is 2.31 bits per heavy atom. The van der Waals surface area contributed by atoms with Gasteiger partial charge in [0.2, 0.25) is 0 Å². The van der Waals surface area contributed by atoms with E-state index >= 15 is 0 Å². The summed E-state index contributed by atoms with van der Waals surface area (Å²) in [6.07, 6.45) is 1.45. The maximum atomic E-state index is 12.6. The van der Waals surface area contributed by atoms with E-state index in [9.17, 15) is 14.4 Å². The quantitative estimate of drug-likeness (QED) is 0.595. The molecule has 0 heterocycles. The van der Waals surface area contributed by atoms with Crippen LogP contribution in [-0.4, -0.2) is 35.0 Å². The third-order valence-corrected chi connectivity index (χ3v) is 3.79. The summed E-state index contributed by atoms with van der Waals surface area (Å²) in [4.78, 5) is 36.2. The van der Waals surface area contributed by atoms with Gasteiger partial charge < -0.3 is 20.5 Å². The zero-order valence-corrected chi connectivity index (χ0v) is 16.5. The number of carbonyl (C=O) groups excluding carboxylic acids is 2. The minimum absolute atomic E-state index is 0.0220. The first-order valence-corrected chi connectivity index (χ1v) is 9.14. The Morgan fingerprint density at radius 1 is 1.00 bits per heavy atom. The van der Waals surface area contributed by atoms with E-state index in [1.165, 1.54) is 13.0 Å². The van der Waals surface area contributed by atoms with E-state index in [2.05, 4.69) is 10.6 Å². The van der Waals surface area contributed by atoms with Gasteiger partial charge in [0, 0.05) is 5.56 Å². The number of benzene rings is 2. The van der Waals surface area contributed by atoms with Gasteiger partial charge in [0.05, 0.1) is 6.10 Å². The second-order valence-corrected chi connectivity index (χ2v) is 6.65. The first-order valence-electron chi connectivity index (χ1n) is 9.14. The van der Waals surface area contributed by atoms with Gasteiger partial charge >= 0.3 is 5.97 Å². The summed E-state index contributed by atoms with van der Waals surface area (Å²) in [6.45, 7) is 5.14. The molecular weight excluding hydrogens is 372 g/mol. The van der Waals surface area contributed by atoms with Gasteiger partial charge in [0.25, 0.3) is 11.8 Å². The molecule has 0 radical (unpaired) electrons. The van der Waals surface area contributed by atoms with Crippen LogP contribution in [0.15, 0.2) is 60.3 Å². The number of carbonyl (C=O) groups is 3.